The van der Waals surface area contributed by atoms with Crippen LogP contribution in [0.3, 0.4) is 0 Å². The smallest absolute Gasteiger partial charge is 0.257 e. The van der Waals surface area contributed by atoms with Crippen LogP contribution < -0.4 is 10.0 Å². The lowest BCUT2D eigenvalue weighted by Gasteiger charge is -2.08. The molecule has 8 nitrogen and oxygen atoms in total. The van der Waals surface area contributed by atoms with Crippen molar-refractivity contribution in [1.29, 1.82) is 0 Å². The van der Waals surface area contributed by atoms with Gasteiger partial charge in [0.15, 0.2) is 5.01 Å². The third-order valence-corrected chi connectivity index (χ3v) is 5.75. The van der Waals surface area contributed by atoms with Gasteiger partial charge in [-0.05, 0) is 36.8 Å². The molecule has 0 aliphatic rings. The minimum absolute atomic E-state index is 0.0184. The van der Waals surface area contributed by atoms with Crippen molar-refractivity contribution in [2.24, 2.45) is 0 Å². The van der Waals surface area contributed by atoms with Gasteiger partial charge in [-0.25, -0.2) is 8.42 Å². The van der Waals surface area contributed by atoms with E-state index in [1.54, 1.807) is 43.5 Å². The van der Waals surface area contributed by atoms with Crippen molar-refractivity contribution in [3.63, 3.8) is 0 Å². The number of pyridine rings is 1. The molecule has 3 rings (SSSR count). The molecule has 2 N–H and O–H groups in total. The topological polar surface area (TPSA) is 114 Å². The van der Waals surface area contributed by atoms with Crippen molar-refractivity contribution in [3.8, 4) is 10.7 Å². The molecule has 0 saturated carbocycles. The van der Waals surface area contributed by atoms with Crippen molar-refractivity contribution < 1.29 is 13.2 Å². The third-order valence-electron chi connectivity index (χ3n) is 3.40. The molecule has 2 heterocycles. The van der Waals surface area contributed by atoms with Gasteiger partial charge in [-0.1, -0.05) is 30.4 Å². The molecule has 1 amide bonds. The number of nitrogens with zero attached hydrogens (tertiary/aromatic N) is 3. The van der Waals surface area contributed by atoms with Gasteiger partial charge in [0.05, 0.1) is 5.75 Å². The standard InChI is InChI=1S/C17H17N5O3S2/c1-2-10-27(24,25)22-13-7-5-6-12(11-13)15(23)19-17-21-20-16(26-17)14-8-3-4-9-18-14/h3-9,11,22H,2,10H2,1H3,(H,19,21,23). The second-order valence-electron chi connectivity index (χ2n) is 5.58. The van der Waals surface area contributed by atoms with E-state index in [4.69, 9.17) is 0 Å². The SMILES string of the molecule is CCCS(=O)(=O)Nc1cccc(C(=O)Nc2nnc(-c3ccccn3)s2)c1. The van der Waals surface area contributed by atoms with Crippen molar-refractivity contribution in [2.45, 2.75) is 13.3 Å². The second-order valence-corrected chi connectivity index (χ2v) is 8.40. The zero-order valence-corrected chi connectivity index (χ0v) is 16.0. The third kappa shape index (κ3) is 5.08. The van der Waals surface area contributed by atoms with Gasteiger partial charge in [0.25, 0.3) is 5.91 Å². The predicted octanol–water partition coefficient (Wildman–Crippen LogP) is 3.00. The highest BCUT2D eigenvalue weighted by Crippen LogP contribution is 2.25. The first kappa shape index (κ1) is 18.9. The van der Waals surface area contributed by atoms with Crippen LogP contribution in [0.5, 0.6) is 0 Å². The number of rotatable bonds is 7. The molecule has 3 aromatic rings. The molecule has 0 spiro atoms. The Balaban J connectivity index is 1.72. The number of aromatic nitrogens is 3. The molecular weight excluding hydrogens is 386 g/mol. The lowest BCUT2D eigenvalue weighted by Crippen LogP contribution is -2.17. The highest BCUT2D eigenvalue weighted by Gasteiger charge is 2.14. The van der Waals surface area contributed by atoms with Gasteiger partial charge < -0.3 is 0 Å². The van der Waals surface area contributed by atoms with Crippen LogP contribution in [0, 0.1) is 0 Å². The van der Waals surface area contributed by atoms with Gasteiger partial charge in [-0.3, -0.25) is 19.8 Å². The molecule has 0 saturated heterocycles. The van der Waals surface area contributed by atoms with Crippen LogP contribution in [0.1, 0.15) is 23.7 Å². The molecular formula is C17H17N5O3S2. The van der Waals surface area contributed by atoms with Crippen LogP contribution in [0.4, 0.5) is 10.8 Å². The normalized spacial score (nSPS) is 11.1. The van der Waals surface area contributed by atoms with Crippen LogP contribution in [0.15, 0.2) is 48.7 Å². The molecule has 0 fully saturated rings. The number of nitrogens with one attached hydrogen (secondary N) is 2. The van der Waals surface area contributed by atoms with Gasteiger partial charge >= 0.3 is 0 Å². The summed E-state index contributed by atoms with van der Waals surface area (Å²) in [5.74, 6) is -0.389. The van der Waals surface area contributed by atoms with E-state index in [0.29, 0.717) is 33.5 Å². The van der Waals surface area contributed by atoms with Crippen molar-refractivity contribution in [3.05, 3.63) is 54.2 Å². The summed E-state index contributed by atoms with van der Waals surface area (Å²) in [5, 5.41) is 11.6. The Labute approximate surface area is 160 Å². The number of hydrogen-bond acceptors (Lipinski definition) is 7. The van der Waals surface area contributed by atoms with Crippen molar-refractivity contribution >= 4 is 38.1 Å². The summed E-state index contributed by atoms with van der Waals surface area (Å²) in [5.41, 5.74) is 1.31. The average Bonchev–Trinajstić information content (AvgIpc) is 3.10. The second kappa shape index (κ2) is 8.23. The quantitative estimate of drug-likeness (QED) is 0.627. The van der Waals surface area contributed by atoms with Crippen molar-refractivity contribution in [1.82, 2.24) is 15.2 Å². The first-order valence-electron chi connectivity index (χ1n) is 8.13. The summed E-state index contributed by atoms with van der Waals surface area (Å²) in [4.78, 5) is 16.6. The van der Waals surface area contributed by atoms with Crippen LogP contribution in [0.2, 0.25) is 0 Å². The van der Waals surface area contributed by atoms with E-state index in [0.717, 1.165) is 0 Å². The summed E-state index contributed by atoms with van der Waals surface area (Å²) in [7, 11) is -3.42. The summed E-state index contributed by atoms with van der Waals surface area (Å²) in [6, 6.07) is 11.7. The van der Waals surface area contributed by atoms with Crippen LogP contribution in [0.25, 0.3) is 10.7 Å². The van der Waals surface area contributed by atoms with E-state index in [9.17, 15) is 13.2 Å². The van der Waals surface area contributed by atoms with E-state index >= 15 is 0 Å². The first-order chi connectivity index (χ1) is 13.0. The Hall–Kier alpha value is -2.85. The molecule has 0 unspecified atom stereocenters. The highest BCUT2D eigenvalue weighted by molar-refractivity contribution is 7.92. The van der Waals surface area contributed by atoms with Crippen LogP contribution >= 0.6 is 11.3 Å². The summed E-state index contributed by atoms with van der Waals surface area (Å²) in [6.07, 6.45) is 2.16. The fourth-order valence-corrected chi connectivity index (χ4v) is 4.10. The van der Waals surface area contributed by atoms with E-state index in [1.165, 1.54) is 17.4 Å². The Bertz CT molecular complexity index is 1040. The Morgan fingerprint density at radius 2 is 2.00 bits per heavy atom. The van der Waals surface area contributed by atoms with Gasteiger partial charge in [-0.15, -0.1) is 10.2 Å². The highest BCUT2D eigenvalue weighted by atomic mass is 32.2. The molecule has 0 bridgehead atoms. The maximum absolute atomic E-state index is 12.4. The van der Waals surface area contributed by atoms with E-state index in [2.05, 4.69) is 25.2 Å². The number of anilines is 2. The van der Waals surface area contributed by atoms with Gasteiger partial charge in [0, 0.05) is 17.4 Å². The summed E-state index contributed by atoms with van der Waals surface area (Å²) < 4.78 is 26.2. The first-order valence-corrected chi connectivity index (χ1v) is 10.6. The van der Waals surface area contributed by atoms with Crippen molar-refractivity contribution in [2.75, 3.05) is 15.8 Å². The summed E-state index contributed by atoms with van der Waals surface area (Å²) >= 11 is 1.20. The van der Waals surface area contributed by atoms with Crippen LogP contribution in [-0.2, 0) is 10.0 Å². The maximum atomic E-state index is 12.4. The zero-order valence-electron chi connectivity index (χ0n) is 14.4. The molecule has 0 atom stereocenters. The molecule has 140 valence electrons. The monoisotopic (exact) mass is 403 g/mol. The maximum Gasteiger partial charge on any atom is 0.257 e. The fourth-order valence-electron chi connectivity index (χ4n) is 2.26. The van der Waals surface area contributed by atoms with Gasteiger partial charge in [0.1, 0.15) is 5.69 Å². The number of benzene rings is 1. The fraction of sp³-hybridized carbons (Fsp3) is 0.176. The largest absolute Gasteiger partial charge is 0.296 e. The minimum atomic E-state index is -3.42. The molecule has 0 radical (unpaired) electrons. The molecule has 0 aliphatic heterocycles. The Morgan fingerprint density at radius 3 is 2.74 bits per heavy atom. The van der Waals surface area contributed by atoms with Crippen LogP contribution in [-0.4, -0.2) is 35.3 Å². The molecule has 1 aromatic carbocycles. The Morgan fingerprint density at radius 1 is 1.15 bits per heavy atom. The van der Waals surface area contributed by atoms with E-state index in [-0.39, 0.29) is 5.75 Å². The molecule has 0 aliphatic carbocycles. The lowest BCUT2D eigenvalue weighted by atomic mass is 10.2. The van der Waals surface area contributed by atoms with E-state index < -0.39 is 15.9 Å². The average molecular weight is 403 g/mol. The molecule has 27 heavy (non-hydrogen) atoms. The predicted molar refractivity (Wildman–Crippen MR) is 105 cm³/mol. The number of sulfonamides is 1. The Kier molecular flexibility index (Phi) is 5.77. The zero-order chi connectivity index (χ0) is 19.3. The molecule has 2 aromatic heterocycles. The number of hydrogen-bond donors (Lipinski definition) is 2. The minimum Gasteiger partial charge on any atom is -0.296 e. The van der Waals surface area contributed by atoms with Gasteiger partial charge in [-0.2, -0.15) is 0 Å². The number of carbonyl (C=O) groups excluding carboxylic acids is 1. The molecule has 10 heteroatoms. The number of amides is 1. The van der Waals surface area contributed by atoms with E-state index in [1.807, 2.05) is 6.07 Å². The number of carbonyl (C=O) groups is 1. The lowest BCUT2D eigenvalue weighted by molar-refractivity contribution is 0.102. The van der Waals surface area contributed by atoms with Gasteiger partial charge in [0.2, 0.25) is 15.2 Å². The summed E-state index contributed by atoms with van der Waals surface area (Å²) in [6.45, 7) is 1.78.